The van der Waals surface area contributed by atoms with E-state index in [4.69, 9.17) is 31.3 Å². The van der Waals surface area contributed by atoms with Crippen molar-refractivity contribution in [1.82, 2.24) is 0 Å². The van der Waals surface area contributed by atoms with E-state index in [1.807, 2.05) is 6.92 Å². The summed E-state index contributed by atoms with van der Waals surface area (Å²) in [7, 11) is 0. The van der Waals surface area contributed by atoms with Gasteiger partial charge in [-0.25, -0.2) is 9.59 Å². The molecule has 0 aromatic heterocycles. The molecule has 174 valence electrons. The Bertz CT molecular complexity index is 932. The second kappa shape index (κ2) is 13.9. The summed E-state index contributed by atoms with van der Waals surface area (Å²) >= 11 is 5.86. The molecule has 0 aliphatic carbocycles. The molecule has 10 heteroatoms. The fourth-order valence-electron chi connectivity index (χ4n) is 2.32. The number of nitro groups is 1. The SMILES string of the molecule is CCCCOc1ccc(C(=O)O)cc1Cl.CCCCOc1ccc(C(=O)O)cc1[N+](=O)[O-]. The fraction of sp³-hybridized carbons (Fsp3) is 0.364. The van der Waals surface area contributed by atoms with Crippen molar-refractivity contribution in [3.63, 3.8) is 0 Å². The summed E-state index contributed by atoms with van der Waals surface area (Å²) in [6.07, 6.45) is 3.71. The number of ether oxygens (including phenoxy) is 2. The Morgan fingerprint density at radius 1 is 0.906 bits per heavy atom. The van der Waals surface area contributed by atoms with Gasteiger partial charge in [0.1, 0.15) is 5.75 Å². The van der Waals surface area contributed by atoms with Crippen LogP contribution in [-0.2, 0) is 0 Å². The number of carboxylic acid groups (broad SMARTS) is 2. The van der Waals surface area contributed by atoms with Gasteiger partial charge in [0, 0.05) is 6.07 Å². The van der Waals surface area contributed by atoms with Gasteiger partial charge in [-0.3, -0.25) is 10.1 Å². The van der Waals surface area contributed by atoms with Crippen molar-refractivity contribution in [2.75, 3.05) is 13.2 Å². The van der Waals surface area contributed by atoms with Gasteiger partial charge in [-0.2, -0.15) is 0 Å². The largest absolute Gasteiger partial charge is 0.492 e. The number of carboxylic acids is 2. The van der Waals surface area contributed by atoms with Crippen LogP contribution in [0.1, 0.15) is 60.2 Å². The van der Waals surface area contributed by atoms with E-state index in [-0.39, 0.29) is 22.6 Å². The lowest BCUT2D eigenvalue weighted by Crippen LogP contribution is -2.03. The van der Waals surface area contributed by atoms with Gasteiger partial charge >= 0.3 is 17.6 Å². The average Bonchev–Trinajstić information content (AvgIpc) is 2.75. The maximum atomic E-state index is 10.8. The topological polar surface area (TPSA) is 136 Å². The van der Waals surface area contributed by atoms with Crippen molar-refractivity contribution in [1.29, 1.82) is 0 Å². The van der Waals surface area contributed by atoms with E-state index in [1.54, 1.807) is 6.07 Å². The first-order valence-electron chi connectivity index (χ1n) is 10.0. The number of nitro benzene ring substituents is 1. The maximum absolute atomic E-state index is 10.8. The number of aromatic carboxylic acids is 2. The third kappa shape index (κ3) is 8.81. The molecule has 0 saturated heterocycles. The van der Waals surface area contributed by atoms with Crippen molar-refractivity contribution in [3.05, 3.63) is 62.7 Å². The molecule has 0 spiro atoms. The van der Waals surface area contributed by atoms with Crippen LogP contribution in [0.4, 0.5) is 5.69 Å². The summed E-state index contributed by atoms with van der Waals surface area (Å²) in [5, 5.41) is 28.5. The fourth-order valence-corrected chi connectivity index (χ4v) is 2.55. The standard InChI is InChI=1S/C11H13ClO3.C11H13NO5/c1-2-3-6-15-10-5-4-8(11(13)14)7-9(10)12;1-2-3-6-17-10-5-4-8(11(13)14)7-9(10)12(15)16/h4-5,7H,2-3,6H2,1H3,(H,13,14);4-5,7H,2-3,6H2,1H3,(H,13,14). The van der Waals surface area contributed by atoms with Gasteiger partial charge in [0.15, 0.2) is 5.75 Å². The van der Waals surface area contributed by atoms with E-state index >= 15 is 0 Å². The second-order valence-corrected chi connectivity index (χ2v) is 7.01. The van der Waals surface area contributed by atoms with Crippen LogP contribution >= 0.6 is 11.6 Å². The van der Waals surface area contributed by atoms with Crippen LogP contribution in [0.2, 0.25) is 5.02 Å². The molecule has 0 heterocycles. The highest BCUT2D eigenvalue weighted by atomic mass is 35.5. The average molecular weight is 468 g/mol. The van der Waals surface area contributed by atoms with E-state index in [0.717, 1.165) is 31.7 Å². The summed E-state index contributed by atoms with van der Waals surface area (Å²) in [6, 6.07) is 8.07. The molecule has 32 heavy (non-hydrogen) atoms. The summed E-state index contributed by atoms with van der Waals surface area (Å²) in [6.45, 7) is 5.02. The smallest absolute Gasteiger partial charge is 0.335 e. The van der Waals surface area contributed by atoms with Crippen LogP contribution in [-0.4, -0.2) is 40.3 Å². The number of rotatable bonds is 11. The monoisotopic (exact) mass is 467 g/mol. The molecular formula is C22H26ClNO8. The number of halogens is 1. The Morgan fingerprint density at radius 3 is 1.81 bits per heavy atom. The predicted molar refractivity (Wildman–Crippen MR) is 119 cm³/mol. The number of hydrogen-bond acceptors (Lipinski definition) is 6. The molecule has 2 rings (SSSR count). The Hall–Kier alpha value is -3.33. The van der Waals surface area contributed by atoms with Crippen LogP contribution in [0, 0.1) is 10.1 Å². The van der Waals surface area contributed by atoms with Crippen LogP contribution in [0.5, 0.6) is 11.5 Å². The number of carbonyl (C=O) groups is 2. The van der Waals surface area contributed by atoms with Crippen molar-refractivity contribution >= 4 is 29.2 Å². The minimum absolute atomic E-state index is 0.105. The summed E-state index contributed by atoms with van der Waals surface area (Å²) < 4.78 is 10.6. The highest BCUT2D eigenvalue weighted by Crippen LogP contribution is 2.28. The van der Waals surface area contributed by atoms with Crippen LogP contribution in [0.3, 0.4) is 0 Å². The normalized spacial score (nSPS) is 9.97. The molecular weight excluding hydrogens is 442 g/mol. The number of hydrogen-bond donors (Lipinski definition) is 2. The Labute approximate surface area is 190 Å². The summed E-state index contributed by atoms with van der Waals surface area (Å²) in [5.74, 6) is -1.55. The molecule has 0 unspecified atom stereocenters. The first kappa shape index (κ1) is 26.7. The third-order valence-corrected chi connectivity index (χ3v) is 4.39. The van der Waals surface area contributed by atoms with Gasteiger partial charge in [-0.05, 0) is 43.2 Å². The first-order chi connectivity index (χ1) is 15.2. The van der Waals surface area contributed by atoms with Crippen molar-refractivity contribution in [2.45, 2.75) is 39.5 Å². The Morgan fingerprint density at radius 2 is 1.38 bits per heavy atom. The lowest BCUT2D eigenvalue weighted by atomic mass is 10.2. The molecule has 0 amide bonds. The van der Waals surface area contributed by atoms with Crippen molar-refractivity contribution < 1.29 is 34.2 Å². The zero-order chi connectivity index (χ0) is 24.1. The lowest BCUT2D eigenvalue weighted by Gasteiger charge is -2.07. The molecule has 2 aromatic rings. The zero-order valence-corrected chi connectivity index (χ0v) is 18.6. The molecule has 0 saturated carbocycles. The minimum Gasteiger partial charge on any atom is -0.492 e. The molecule has 9 nitrogen and oxygen atoms in total. The predicted octanol–water partition coefficient (Wildman–Crippen LogP) is 5.69. The van der Waals surface area contributed by atoms with E-state index in [1.165, 1.54) is 24.3 Å². The van der Waals surface area contributed by atoms with E-state index < -0.39 is 16.9 Å². The van der Waals surface area contributed by atoms with E-state index in [9.17, 15) is 19.7 Å². The van der Waals surface area contributed by atoms with Gasteiger partial charge < -0.3 is 19.7 Å². The van der Waals surface area contributed by atoms with Gasteiger partial charge in [-0.15, -0.1) is 0 Å². The zero-order valence-electron chi connectivity index (χ0n) is 17.9. The molecule has 0 bridgehead atoms. The highest BCUT2D eigenvalue weighted by Gasteiger charge is 2.18. The third-order valence-electron chi connectivity index (χ3n) is 4.09. The molecule has 2 aromatic carbocycles. The van der Waals surface area contributed by atoms with Gasteiger partial charge in [0.05, 0.1) is 34.3 Å². The Kier molecular flexibility index (Phi) is 11.6. The summed E-state index contributed by atoms with van der Waals surface area (Å²) in [5.41, 5.74) is -0.275. The number of benzene rings is 2. The number of unbranched alkanes of at least 4 members (excludes halogenated alkanes) is 2. The van der Waals surface area contributed by atoms with Crippen LogP contribution in [0.15, 0.2) is 36.4 Å². The van der Waals surface area contributed by atoms with E-state index in [2.05, 4.69) is 6.92 Å². The Balaban J connectivity index is 0.000000323. The number of nitrogens with zero attached hydrogens (tertiary/aromatic N) is 1. The van der Waals surface area contributed by atoms with Crippen molar-refractivity contribution in [3.8, 4) is 11.5 Å². The molecule has 2 N–H and O–H groups in total. The summed E-state index contributed by atoms with van der Waals surface area (Å²) in [4.78, 5) is 31.4. The van der Waals surface area contributed by atoms with Crippen molar-refractivity contribution in [2.24, 2.45) is 0 Å². The lowest BCUT2D eigenvalue weighted by molar-refractivity contribution is -0.385. The maximum Gasteiger partial charge on any atom is 0.335 e. The molecule has 0 fully saturated rings. The van der Waals surface area contributed by atoms with E-state index in [0.29, 0.717) is 24.0 Å². The van der Waals surface area contributed by atoms with Crippen LogP contribution < -0.4 is 9.47 Å². The van der Waals surface area contributed by atoms with Gasteiger partial charge in [-0.1, -0.05) is 38.3 Å². The highest BCUT2D eigenvalue weighted by molar-refractivity contribution is 6.32. The minimum atomic E-state index is -1.20. The quantitative estimate of drug-likeness (QED) is 0.244. The first-order valence-corrected chi connectivity index (χ1v) is 10.4. The van der Waals surface area contributed by atoms with Gasteiger partial charge in [0.25, 0.3) is 0 Å². The molecule has 0 radical (unpaired) electrons. The van der Waals surface area contributed by atoms with Gasteiger partial charge in [0.2, 0.25) is 0 Å². The second-order valence-electron chi connectivity index (χ2n) is 6.60. The molecule has 0 atom stereocenters. The molecule has 0 aliphatic rings. The molecule has 0 aliphatic heterocycles. The van der Waals surface area contributed by atoms with Crippen LogP contribution in [0.25, 0.3) is 0 Å².